The Morgan fingerprint density at radius 3 is 2.55 bits per heavy atom. The number of alkyl halides is 1. The molecule has 1 atom stereocenters. The quantitative estimate of drug-likeness (QED) is 0.588. The molecule has 0 aliphatic rings. The number of nitroso groups, excluding NO2 is 1. The van der Waals surface area contributed by atoms with Crippen LogP contribution in [0.2, 0.25) is 0 Å². The molecular formula is C7H11FN2O. The van der Waals surface area contributed by atoms with Crippen molar-refractivity contribution in [1.82, 2.24) is 0 Å². The van der Waals surface area contributed by atoms with E-state index >= 15 is 0 Å². The van der Waals surface area contributed by atoms with Gasteiger partial charge in [-0.1, -0.05) is 19.0 Å². The number of nitriles is 1. The van der Waals surface area contributed by atoms with E-state index in [9.17, 15) is 9.30 Å². The fraction of sp³-hybridized carbons (Fsp3) is 0.857. The van der Waals surface area contributed by atoms with Gasteiger partial charge in [-0.25, -0.2) is 4.39 Å². The minimum Gasteiger partial charge on any atom is -0.249 e. The zero-order chi connectivity index (χ0) is 8.91. The Morgan fingerprint density at radius 2 is 2.27 bits per heavy atom. The molecule has 0 aliphatic heterocycles. The van der Waals surface area contributed by atoms with Crippen molar-refractivity contribution in [1.29, 1.82) is 5.26 Å². The average molecular weight is 158 g/mol. The van der Waals surface area contributed by atoms with E-state index in [2.05, 4.69) is 5.18 Å². The first-order valence-electron chi connectivity index (χ1n) is 3.34. The molecule has 3 nitrogen and oxygen atoms in total. The lowest BCUT2D eigenvalue weighted by atomic mass is 9.83. The number of halogens is 1. The minimum atomic E-state index is -0.901. The molecule has 0 bridgehead atoms. The van der Waals surface area contributed by atoms with Gasteiger partial charge in [-0.15, -0.1) is 0 Å². The standard InChI is InChI=1S/C7H11FN2O/c1-7(2,3-4-9)6(5-8)10-11/h6H,3,5H2,1-2H3. The van der Waals surface area contributed by atoms with Crippen LogP contribution in [0.4, 0.5) is 4.39 Å². The number of rotatable bonds is 4. The van der Waals surface area contributed by atoms with Gasteiger partial charge in [0.15, 0.2) is 0 Å². The van der Waals surface area contributed by atoms with Crippen LogP contribution in [0.5, 0.6) is 0 Å². The van der Waals surface area contributed by atoms with Crippen LogP contribution in [-0.2, 0) is 0 Å². The summed E-state index contributed by atoms with van der Waals surface area (Å²) in [4.78, 5) is 10.1. The Kier molecular flexibility index (Phi) is 3.66. The monoisotopic (exact) mass is 158 g/mol. The van der Waals surface area contributed by atoms with Crippen molar-refractivity contribution < 1.29 is 4.39 Å². The third-order valence-corrected chi connectivity index (χ3v) is 1.71. The summed E-state index contributed by atoms with van der Waals surface area (Å²) >= 11 is 0. The Morgan fingerprint density at radius 1 is 1.73 bits per heavy atom. The fourth-order valence-corrected chi connectivity index (χ4v) is 0.701. The predicted octanol–water partition coefficient (Wildman–Crippen LogP) is 2.03. The van der Waals surface area contributed by atoms with E-state index in [1.54, 1.807) is 13.8 Å². The van der Waals surface area contributed by atoms with Crippen molar-refractivity contribution in [3.8, 4) is 6.07 Å². The normalized spacial score (nSPS) is 13.6. The van der Waals surface area contributed by atoms with Gasteiger partial charge in [0.1, 0.15) is 12.7 Å². The van der Waals surface area contributed by atoms with E-state index < -0.39 is 18.1 Å². The summed E-state index contributed by atoms with van der Waals surface area (Å²) in [6, 6.07) is 0.991. The lowest BCUT2D eigenvalue weighted by Crippen LogP contribution is -2.28. The molecule has 0 N–H and O–H groups in total. The van der Waals surface area contributed by atoms with Crippen LogP contribution >= 0.6 is 0 Å². The van der Waals surface area contributed by atoms with Gasteiger partial charge >= 0.3 is 0 Å². The molecule has 0 saturated heterocycles. The molecular weight excluding hydrogens is 147 g/mol. The topological polar surface area (TPSA) is 53.2 Å². The summed E-state index contributed by atoms with van der Waals surface area (Å²) in [5.41, 5.74) is -0.648. The van der Waals surface area contributed by atoms with Crippen LogP contribution in [-0.4, -0.2) is 12.7 Å². The third-order valence-electron chi connectivity index (χ3n) is 1.71. The number of hydrogen-bond acceptors (Lipinski definition) is 3. The molecule has 0 aromatic carbocycles. The summed E-state index contributed by atoms with van der Waals surface area (Å²) in [5.74, 6) is 0. The van der Waals surface area contributed by atoms with Crippen molar-refractivity contribution >= 4 is 0 Å². The first-order valence-corrected chi connectivity index (χ1v) is 3.34. The maximum absolute atomic E-state index is 12.1. The molecule has 62 valence electrons. The van der Waals surface area contributed by atoms with Gasteiger partial charge in [-0.2, -0.15) is 10.2 Å². The molecule has 0 aliphatic carbocycles. The first kappa shape index (κ1) is 10.0. The van der Waals surface area contributed by atoms with Crippen molar-refractivity contribution in [3.63, 3.8) is 0 Å². The molecule has 0 aromatic heterocycles. The van der Waals surface area contributed by atoms with Crippen molar-refractivity contribution in [2.75, 3.05) is 6.67 Å². The molecule has 0 aromatic rings. The third kappa shape index (κ3) is 2.62. The zero-order valence-electron chi connectivity index (χ0n) is 6.67. The fourth-order valence-electron chi connectivity index (χ4n) is 0.701. The molecule has 0 heterocycles. The Balaban J connectivity index is 4.26. The first-order chi connectivity index (χ1) is 5.08. The molecule has 1 unspecified atom stereocenters. The predicted molar refractivity (Wildman–Crippen MR) is 39.6 cm³/mol. The summed E-state index contributed by atoms with van der Waals surface area (Å²) in [5, 5.41) is 10.9. The Labute approximate surface area is 65.2 Å². The van der Waals surface area contributed by atoms with Crippen LogP contribution < -0.4 is 0 Å². The molecule has 0 amide bonds. The van der Waals surface area contributed by atoms with E-state index in [1.165, 1.54) is 0 Å². The maximum Gasteiger partial charge on any atom is 0.126 e. The van der Waals surface area contributed by atoms with E-state index in [0.29, 0.717) is 0 Å². The van der Waals surface area contributed by atoms with Gasteiger partial charge in [-0.3, -0.25) is 0 Å². The number of hydrogen-bond donors (Lipinski definition) is 0. The highest BCUT2D eigenvalue weighted by Crippen LogP contribution is 2.27. The van der Waals surface area contributed by atoms with Crippen LogP contribution in [0.1, 0.15) is 20.3 Å². The van der Waals surface area contributed by atoms with Gasteiger partial charge in [0.05, 0.1) is 6.07 Å². The molecule has 0 fully saturated rings. The van der Waals surface area contributed by atoms with E-state index in [1.807, 2.05) is 6.07 Å². The molecule has 0 saturated carbocycles. The van der Waals surface area contributed by atoms with Gasteiger partial charge in [0.25, 0.3) is 0 Å². The van der Waals surface area contributed by atoms with E-state index in [4.69, 9.17) is 5.26 Å². The van der Waals surface area contributed by atoms with Crippen LogP contribution in [0.15, 0.2) is 5.18 Å². The molecule has 11 heavy (non-hydrogen) atoms. The van der Waals surface area contributed by atoms with E-state index in [0.717, 1.165) is 0 Å². The summed E-state index contributed by atoms with van der Waals surface area (Å²) in [7, 11) is 0. The summed E-state index contributed by atoms with van der Waals surface area (Å²) < 4.78 is 12.1. The number of nitrogens with zero attached hydrogens (tertiary/aromatic N) is 2. The zero-order valence-corrected chi connectivity index (χ0v) is 6.67. The van der Waals surface area contributed by atoms with Crippen molar-refractivity contribution in [2.45, 2.75) is 26.3 Å². The smallest absolute Gasteiger partial charge is 0.126 e. The second-order valence-electron chi connectivity index (χ2n) is 3.10. The van der Waals surface area contributed by atoms with Gasteiger partial charge < -0.3 is 0 Å². The van der Waals surface area contributed by atoms with Crippen LogP contribution in [0, 0.1) is 21.7 Å². The maximum atomic E-state index is 12.1. The minimum absolute atomic E-state index is 0.146. The lowest BCUT2D eigenvalue weighted by Gasteiger charge is -2.23. The lowest BCUT2D eigenvalue weighted by molar-refractivity contribution is 0.244. The second-order valence-corrected chi connectivity index (χ2v) is 3.10. The van der Waals surface area contributed by atoms with Crippen LogP contribution in [0.25, 0.3) is 0 Å². The highest BCUT2D eigenvalue weighted by Gasteiger charge is 2.30. The average Bonchev–Trinajstić information content (AvgIpc) is 1.89. The summed E-state index contributed by atoms with van der Waals surface area (Å²) in [6.07, 6.45) is 0.146. The van der Waals surface area contributed by atoms with Crippen molar-refractivity contribution in [3.05, 3.63) is 4.91 Å². The van der Waals surface area contributed by atoms with Crippen LogP contribution in [0.3, 0.4) is 0 Å². The molecule has 0 radical (unpaired) electrons. The highest BCUT2D eigenvalue weighted by molar-refractivity contribution is 4.90. The van der Waals surface area contributed by atoms with Gasteiger partial charge in [0, 0.05) is 11.8 Å². The second kappa shape index (κ2) is 4.02. The van der Waals surface area contributed by atoms with E-state index in [-0.39, 0.29) is 6.42 Å². The molecule has 4 heteroatoms. The Hall–Kier alpha value is -0.980. The summed E-state index contributed by atoms with van der Waals surface area (Å²) in [6.45, 7) is 2.52. The Bertz CT molecular complexity index is 174. The largest absolute Gasteiger partial charge is 0.249 e. The SMILES string of the molecule is CC(C)(CC#N)C(CF)N=O. The molecule has 0 spiro atoms. The highest BCUT2D eigenvalue weighted by atomic mass is 19.1. The molecule has 0 rings (SSSR count). The van der Waals surface area contributed by atoms with Gasteiger partial charge in [-0.05, 0) is 0 Å². The van der Waals surface area contributed by atoms with Gasteiger partial charge in [0.2, 0.25) is 0 Å². The van der Waals surface area contributed by atoms with Crippen molar-refractivity contribution in [2.24, 2.45) is 10.6 Å².